The average molecular weight is 362 g/mol. The van der Waals surface area contributed by atoms with Gasteiger partial charge in [0.05, 0.1) is 26.4 Å². The summed E-state index contributed by atoms with van der Waals surface area (Å²) in [5, 5.41) is 3.27. The zero-order valence-corrected chi connectivity index (χ0v) is 14.7. The van der Waals surface area contributed by atoms with Crippen LogP contribution < -0.4 is 5.32 Å². The van der Waals surface area contributed by atoms with E-state index in [1.807, 2.05) is 0 Å². The molecule has 3 fully saturated rings. The molecule has 24 heavy (non-hydrogen) atoms. The van der Waals surface area contributed by atoms with E-state index in [1.165, 1.54) is 8.61 Å². The van der Waals surface area contributed by atoms with Crippen LogP contribution in [0.5, 0.6) is 0 Å². The molecule has 1 unspecified atom stereocenters. The van der Waals surface area contributed by atoms with Crippen LogP contribution in [0.15, 0.2) is 0 Å². The lowest BCUT2D eigenvalue weighted by Crippen LogP contribution is -2.56. The molecule has 0 radical (unpaired) electrons. The lowest BCUT2D eigenvalue weighted by molar-refractivity contribution is -0.133. The molecule has 1 amide bonds. The molecule has 0 aromatic carbocycles. The van der Waals surface area contributed by atoms with Crippen molar-refractivity contribution in [1.82, 2.24) is 18.8 Å². The van der Waals surface area contributed by atoms with E-state index < -0.39 is 10.2 Å². The van der Waals surface area contributed by atoms with Crippen LogP contribution in [0.1, 0.15) is 6.42 Å². The number of morpholine rings is 2. The van der Waals surface area contributed by atoms with Crippen LogP contribution in [-0.2, 0) is 24.5 Å². The average Bonchev–Trinajstić information content (AvgIpc) is 2.63. The van der Waals surface area contributed by atoms with Crippen molar-refractivity contribution in [3.63, 3.8) is 0 Å². The summed E-state index contributed by atoms with van der Waals surface area (Å²) in [4.78, 5) is 14.1. The highest BCUT2D eigenvalue weighted by molar-refractivity contribution is 7.86. The molecule has 3 heterocycles. The highest BCUT2D eigenvalue weighted by Gasteiger charge is 2.34. The number of nitrogens with one attached hydrogen (secondary N) is 1. The fourth-order valence-corrected chi connectivity index (χ4v) is 4.76. The van der Waals surface area contributed by atoms with E-state index in [0.29, 0.717) is 72.1 Å². The number of rotatable bonds is 4. The summed E-state index contributed by atoms with van der Waals surface area (Å²) in [7, 11) is -3.45. The summed E-state index contributed by atoms with van der Waals surface area (Å²) in [6.07, 6.45) is 0.399. The molecule has 3 rings (SSSR count). The van der Waals surface area contributed by atoms with Crippen molar-refractivity contribution in [2.45, 2.75) is 12.5 Å². The number of amides is 1. The third-order valence-electron chi connectivity index (χ3n) is 4.63. The number of carbonyl (C=O) groups is 1. The summed E-state index contributed by atoms with van der Waals surface area (Å²) < 4.78 is 38.7. The van der Waals surface area contributed by atoms with Crippen molar-refractivity contribution >= 4 is 16.1 Å². The van der Waals surface area contributed by atoms with E-state index in [9.17, 15) is 13.2 Å². The van der Waals surface area contributed by atoms with Gasteiger partial charge in [0.25, 0.3) is 10.2 Å². The van der Waals surface area contributed by atoms with Crippen molar-refractivity contribution in [3.05, 3.63) is 0 Å². The molecule has 9 nitrogen and oxygen atoms in total. The summed E-state index contributed by atoms with van der Waals surface area (Å²) in [5.74, 6) is 0.0569. The smallest absolute Gasteiger partial charge is 0.282 e. The van der Waals surface area contributed by atoms with Crippen LogP contribution in [0.4, 0.5) is 0 Å². The Hall–Kier alpha value is -0.780. The standard InChI is InChI=1S/C14H26N4O5S/c19-14(11-13-12-23-8-1-15-13)16-2-4-17(5-3-16)24(20,21)18-6-9-22-10-7-18/h13,15H,1-12H2. The largest absolute Gasteiger partial charge is 0.379 e. The Labute approximate surface area is 143 Å². The maximum atomic E-state index is 12.6. The molecule has 10 heteroatoms. The zero-order chi connectivity index (χ0) is 17.0. The summed E-state index contributed by atoms with van der Waals surface area (Å²) in [6.45, 7) is 5.25. The van der Waals surface area contributed by atoms with E-state index in [2.05, 4.69) is 5.32 Å². The lowest BCUT2D eigenvalue weighted by Gasteiger charge is -2.38. The molecule has 1 atom stereocenters. The number of hydrogen-bond donors (Lipinski definition) is 1. The first-order valence-corrected chi connectivity index (χ1v) is 9.89. The maximum absolute atomic E-state index is 12.6. The predicted molar refractivity (Wildman–Crippen MR) is 86.7 cm³/mol. The molecule has 0 bridgehead atoms. The van der Waals surface area contributed by atoms with Gasteiger partial charge in [-0.15, -0.1) is 0 Å². The van der Waals surface area contributed by atoms with Gasteiger partial charge >= 0.3 is 0 Å². The Bertz CT molecular complexity index is 523. The van der Waals surface area contributed by atoms with Crippen LogP contribution >= 0.6 is 0 Å². The maximum Gasteiger partial charge on any atom is 0.282 e. The number of hydrogen-bond acceptors (Lipinski definition) is 6. The first-order valence-electron chi connectivity index (χ1n) is 8.49. The molecule has 0 aromatic rings. The van der Waals surface area contributed by atoms with Crippen molar-refractivity contribution in [2.24, 2.45) is 0 Å². The topological polar surface area (TPSA) is 91.4 Å². The Kier molecular flexibility index (Phi) is 6.06. The number of ether oxygens (including phenoxy) is 2. The van der Waals surface area contributed by atoms with Crippen molar-refractivity contribution in [1.29, 1.82) is 0 Å². The van der Waals surface area contributed by atoms with Crippen molar-refractivity contribution in [3.8, 4) is 0 Å². The molecule has 3 aliphatic heterocycles. The second-order valence-corrected chi connectivity index (χ2v) is 8.16. The normalized spacial score (nSPS) is 28.0. The minimum Gasteiger partial charge on any atom is -0.379 e. The lowest BCUT2D eigenvalue weighted by atomic mass is 10.1. The molecule has 3 aliphatic rings. The van der Waals surface area contributed by atoms with Gasteiger partial charge in [0.2, 0.25) is 5.91 Å². The SMILES string of the molecule is O=C(CC1COCCN1)N1CCN(S(=O)(=O)N2CCOCC2)CC1. The van der Waals surface area contributed by atoms with Gasteiger partial charge in [-0.1, -0.05) is 0 Å². The van der Waals surface area contributed by atoms with Crippen LogP contribution in [0.25, 0.3) is 0 Å². The minimum absolute atomic E-state index is 0.0568. The Morgan fingerprint density at radius 2 is 1.62 bits per heavy atom. The monoisotopic (exact) mass is 362 g/mol. The third-order valence-corrected chi connectivity index (χ3v) is 6.67. The quantitative estimate of drug-likeness (QED) is 0.627. The minimum atomic E-state index is -3.45. The molecular weight excluding hydrogens is 336 g/mol. The summed E-state index contributed by atoms with van der Waals surface area (Å²) >= 11 is 0. The molecular formula is C14H26N4O5S. The molecule has 0 saturated carbocycles. The zero-order valence-electron chi connectivity index (χ0n) is 13.9. The first kappa shape index (κ1) is 18.0. The molecule has 0 aromatic heterocycles. The Morgan fingerprint density at radius 3 is 2.25 bits per heavy atom. The van der Waals surface area contributed by atoms with Gasteiger partial charge in [-0.05, 0) is 0 Å². The van der Waals surface area contributed by atoms with Gasteiger partial charge in [0.1, 0.15) is 0 Å². The van der Waals surface area contributed by atoms with Crippen LogP contribution in [0.2, 0.25) is 0 Å². The molecule has 0 aliphatic carbocycles. The predicted octanol–water partition coefficient (Wildman–Crippen LogP) is -1.91. The third kappa shape index (κ3) is 4.24. The van der Waals surface area contributed by atoms with Gasteiger partial charge in [0.15, 0.2) is 0 Å². The molecule has 0 spiro atoms. The highest BCUT2D eigenvalue weighted by atomic mass is 32.2. The van der Waals surface area contributed by atoms with E-state index in [-0.39, 0.29) is 11.9 Å². The van der Waals surface area contributed by atoms with Gasteiger partial charge < -0.3 is 19.7 Å². The van der Waals surface area contributed by atoms with Crippen molar-refractivity contribution < 1.29 is 22.7 Å². The molecule has 138 valence electrons. The summed E-state index contributed by atoms with van der Waals surface area (Å²) in [6, 6.07) is 0.0568. The number of piperazine rings is 1. The Morgan fingerprint density at radius 1 is 0.958 bits per heavy atom. The second kappa shape index (κ2) is 8.07. The van der Waals surface area contributed by atoms with E-state index in [1.54, 1.807) is 4.90 Å². The van der Waals surface area contributed by atoms with Gasteiger partial charge in [-0.3, -0.25) is 4.79 Å². The van der Waals surface area contributed by atoms with E-state index in [4.69, 9.17) is 9.47 Å². The van der Waals surface area contributed by atoms with Crippen LogP contribution in [0.3, 0.4) is 0 Å². The van der Waals surface area contributed by atoms with Gasteiger partial charge in [0, 0.05) is 58.3 Å². The van der Waals surface area contributed by atoms with Crippen molar-refractivity contribution in [2.75, 3.05) is 72.2 Å². The molecule has 3 saturated heterocycles. The molecule has 1 N–H and O–H groups in total. The summed E-state index contributed by atoms with van der Waals surface area (Å²) in [5.41, 5.74) is 0. The van der Waals surface area contributed by atoms with Crippen LogP contribution in [-0.4, -0.2) is 106 Å². The second-order valence-electron chi connectivity index (χ2n) is 6.23. The van der Waals surface area contributed by atoms with Crippen LogP contribution in [0, 0.1) is 0 Å². The number of carbonyl (C=O) groups excluding carboxylic acids is 1. The highest BCUT2D eigenvalue weighted by Crippen LogP contribution is 2.15. The van der Waals surface area contributed by atoms with E-state index >= 15 is 0 Å². The Balaban J connectivity index is 1.48. The fraction of sp³-hybridized carbons (Fsp3) is 0.929. The van der Waals surface area contributed by atoms with E-state index in [0.717, 1.165) is 6.54 Å². The fourth-order valence-electron chi connectivity index (χ4n) is 3.20. The first-order chi connectivity index (χ1) is 11.6. The number of nitrogens with zero attached hydrogens (tertiary/aromatic N) is 3. The van der Waals surface area contributed by atoms with Gasteiger partial charge in [-0.25, -0.2) is 0 Å². The van der Waals surface area contributed by atoms with Gasteiger partial charge in [-0.2, -0.15) is 17.0 Å².